The molecule has 6 nitrogen and oxygen atoms in total. The average Bonchev–Trinajstić information content (AvgIpc) is 2.85. The van der Waals surface area contributed by atoms with Crippen molar-refractivity contribution >= 4 is 11.9 Å². The van der Waals surface area contributed by atoms with Crippen molar-refractivity contribution in [2.75, 3.05) is 25.9 Å². The van der Waals surface area contributed by atoms with E-state index in [1.165, 1.54) is 5.56 Å². The van der Waals surface area contributed by atoms with Crippen LogP contribution in [-0.2, 0) is 11.2 Å². The summed E-state index contributed by atoms with van der Waals surface area (Å²) in [5.41, 5.74) is 10.1. The van der Waals surface area contributed by atoms with Gasteiger partial charge in [-0.25, -0.2) is 9.97 Å². The number of nitrogens with zero attached hydrogens (tertiary/aromatic N) is 3. The quantitative estimate of drug-likeness (QED) is 0.598. The molecule has 1 unspecified atom stereocenters. The van der Waals surface area contributed by atoms with Crippen molar-refractivity contribution in [1.29, 1.82) is 0 Å². The van der Waals surface area contributed by atoms with Crippen LogP contribution in [-0.4, -0.2) is 41.0 Å². The summed E-state index contributed by atoms with van der Waals surface area (Å²) < 4.78 is 5.28. The Bertz CT molecular complexity index is 1040. The monoisotopic (exact) mass is 430 g/mol. The number of likely N-dealkylation sites (tertiary alicyclic amines) is 1. The van der Waals surface area contributed by atoms with E-state index >= 15 is 0 Å². The molecule has 0 saturated carbocycles. The molecule has 0 radical (unpaired) electrons. The van der Waals surface area contributed by atoms with Crippen LogP contribution in [0.1, 0.15) is 42.9 Å². The normalized spacial score (nSPS) is 16.0. The minimum absolute atomic E-state index is 0.143. The zero-order chi connectivity index (χ0) is 22.3. The van der Waals surface area contributed by atoms with Crippen LogP contribution in [0.4, 0.5) is 5.95 Å². The molecule has 0 spiro atoms. The molecular formula is C26H30N4O2. The summed E-state index contributed by atoms with van der Waals surface area (Å²) in [6, 6.07) is 18.2. The van der Waals surface area contributed by atoms with Gasteiger partial charge in [0.25, 0.3) is 0 Å². The van der Waals surface area contributed by atoms with Crippen LogP contribution in [0, 0.1) is 0 Å². The molecule has 0 bridgehead atoms. The largest absolute Gasteiger partial charge is 0.497 e. The van der Waals surface area contributed by atoms with Crippen molar-refractivity contribution in [3.8, 4) is 16.9 Å². The lowest BCUT2D eigenvalue weighted by atomic mass is 9.89. The molecule has 32 heavy (non-hydrogen) atoms. The fraction of sp³-hybridized carbons (Fsp3) is 0.346. The molecule has 1 fully saturated rings. The number of hydrogen-bond donors (Lipinski definition) is 1. The maximum absolute atomic E-state index is 12.9. The lowest BCUT2D eigenvalue weighted by Crippen LogP contribution is -2.39. The molecule has 2 heterocycles. The van der Waals surface area contributed by atoms with Gasteiger partial charge in [0.2, 0.25) is 11.9 Å². The van der Waals surface area contributed by atoms with Crippen LogP contribution in [0.25, 0.3) is 11.1 Å². The molecular weight excluding hydrogens is 400 g/mol. The number of methoxy groups -OCH3 is 1. The Hall–Kier alpha value is -3.41. The third kappa shape index (κ3) is 5.25. The standard InChI is InChI=1S/C26H30N4O2/c1-32-22-14-12-20(13-15-22)23-17-28-26(27)29-25(23)21-10-6-16-30(18-21)24(31)11-5-9-19-7-3-2-4-8-19/h2-4,7-8,12-15,17,21H,5-6,9-11,16,18H2,1H3,(H2,27,28,29). The van der Waals surface area contributed by atoms with Crippen LogP contribution < -0.4 is 10.5 Å². The number of carbonyl (C=O) groups is 1. The molecule has 3 aromatic rings. The highest BCUT2D eigenvalue weighted by molar-refractivity contribution is 5.76. The van der Waals surface area contributed by atoms with Crippen molar-refractivity contribution in [2.24, 2.45) is 0 Å². The van der Waals surface area contributed by atoms with Crippen LogP contribution in [0.2, 0.25) is 0 Å². The Morgan fingerprint density at radius 2 is 1.94 bits per heavy atom. The fourth-order valence-corrected chi connectivity index (χ4v) is 4.39. The van der Waals surface area contributed by atoms with E-state index in [0.29, 0.717) is 13.0 Å². The molecule has 0 aliphatic carbocycles. The van der Waals surface area contributed by atoms with Gasteiger partial charge in [0.15, 0.2) is 0 Å². The van der Waals surface area contributed by atoms with Gasteiger partial charge in [-0.3, -0.25) is 4.79 Å². The third-order valence-electron chi connectivity index (χ3n) is 6.10. The van der Waals surface area contributed by atoms with Crippen molar-refractivity contribution in [3.63, 3.8) is 0 Å². The van der Waals surface area contributed by atoms with E-state index in [2.05, 4.69) is 22.1 Å². The molecule has 2 N–H and O–H groups in total. The Kier molecular flexibility index (Phi) is 7.00. The number of nitrogen functional groups attached to an aromatic ring is 1. The lowest BCUT2D eigenvalue weighted by Gasteiger charge is -2.33. The summed E-state index contributed by atoms with van der Waals surface area (Å²) in [6.45, 7) is 1.48. The number of amides is 1. The van der Waals surface area contributed by atoms with E-state index in [0.717, 1.165) is 54.8 Å². The highest BCUT2D eigenvalue weighted by atomic mass is 16.5. The van der Waals surface area contributed by atoms with Crippen molar-refractivity contribution in [3.05, 3.63) is 72.1 Å². The van der Waals surface area contributed by atoms with Gasteiger partial charge in [-0.05, 0) is 48.9 Å². The fourth-order valence-electron chi connectivity index (χ4n) is 4.39. The molecule has 1 aliphatic rings. The van der Waals surface area contributed by atoms with Gasteiger partial charge in [-0.15, -0.1) is 0 Å². The van der Waals surface area contributed by atoms with E-state index in [1.54, 1.807) is 13.3 Å². The predicted octanol–water partition coefficient (Wildman–Crippen LogP) is 4.46. The van der Waals surface area contributed by atoms with Crippen LogP contribution in [0.15, 0.2) is 60.8 Å². The average molecular weight is 431 g/mol. The number of anilines is 1. The van der Waals surface area contributed by atoms with Crippen molar-refractivity contribution < 1.29 is 9.53 Å². The number of benzene rings is 2. The molecule has 1 aliphatic heterocycles. The molecule has 6 heteroatoms. The first kappa shape index (κ1) is 21.8. The Labute approximate surface area is 189 Å². The van der Waals surface area contributed by atoms with Crippen molar-refractivity contribution in [1.82, 2.24) is 14.9 Å². The van der Waals surface area contributed by atoms with Crippen molar-refractivity contribution in [2.45, 2.75) is 38.0 Å². The zero-order valence-corrected chi connectivity index (χ0v) is 18.5. The smallest absolute Gasteiger partial charge is 0.222 e. The zero-order valence-electron chi connectivity index (χ0n) is 18.5. The predicted molar refractivity (Wildman–Crippen MR) is 126 cm³/mol. The van der Waals surface area contributed by atoms with Gasteiger partial charge in [-0.1, -0.05) is 42.5 Å². The van der Waals surface area contributed by atoms with Gasteiger partial charge in [0, 0.05) is 37.2 Å². The van der Waals surface area contributed by atoms with Gasteiger partial charge in [0.05, 0.1) is 12.8 Å². The second kappa shape index (κ2) is 10.3. The van der Waals surface area contributed by atoms with Crippen LogP contribution in [0.3, 0.4) is 0 Å². The minimum Gasteiger partial charge on any atom is -0.497 e. The number of rotatable bonds is 7. The van der Waals surface area contributed by atoms with Crippen LogP contribution in [0.5, 0.6) is 5.75 Å². The number of carbonyl (C=O) groups excluding carboxylic acids is 1. The second-order valence-corrected chi connectivity index (χ2v) is 8.27. The summed E-state index contributed by atoms with van der Waals surface area (Å²) in [6.07, 6.45) is 6.09. The third-order valence-corrected chi connectivity index (χ3v) is 6.10. The van der Waals surface area contributed by atoms with E-state index in [4.69, 9.17) is 10.5 Å². The Morgan fingerprint density at radius 3 is 2.69 bits per heavy atom. The maximum Gasteiger partial charge on any atom is 0.222 e. The van der Waals surface area contributed by atoms with E-state index < -0.39 is 0 Å². The van der Waals surface area contributed by atoms with Gasteiger partial charge < -0.3 is 15.4 Å². The first-order valence-corrected chi connectivity index (χ1v) is 11.2. The summed E-state index contributed by atoms with van der Waals surface area (Å²) in [4.78, 5) is 23.7. The second-order valence-electron chi connectivity index (χ2n) is 8.27. The van der Waals surface area contributed by atoms with Gasteiger partial charge in [-0.2, -0.15) is 0 Å². The summed E-state index contributed by atoms with van der Waals surface area (Å²) >= 11 is 0. The number of nitrogens with two attached hydrogens (primary N) is 1. The summed E-state index contributed by atoms with van der Waals surface area (Å²) in [5.74, 6) is 1.43. The molecule has 1 aromatic heterocycles. The Balaban J connectivity index is 1.45. The van der Waals surface area contributed by atoms with Crippen LogP contribution >= 0.6 is 0 Å². The summed E-state index contributed by atoms with van der Waals surface area (Å²) in [5, 5.41) is 0. The number of piperidine rings is 1. The van der Waals surface area contributed by atoms with E-state index in [-0.39, 0.29) is 17.8 Å². The SMILES string of the molecule is COc1ccc(-c2cnc(N)nc2C2CCCN(C(=O)CCCc3ccccc3)C2)cc1. The number of ether oxygens (including phenoxy) is 1. The maximum atomic E-state index is 12.9. The van der Waals surface area contributed by atoms with Gasteiger partial charge in [0.1, 0.15) is 5.75 Å². The topological polar surface area (TPSA) is 81.3 Å². The number of hydrogen-bond acceptors (Lipinski definition) is 5. The molecule has 166 valence electrons. The van der Waals surface area contributed by atoms with Gasteiger partial charge >= 0.3 is 0 Å². The highest BCUT2D eigenvalue weighted by Gasteiger charge is 2.27. The molecule has 4 rings (SSSR count). The molecule has 2 aromatic carbocycles. The molecule has 1 amide bonds. The van der Waals surface area contributed by atoms with E-state index in [1.807, 2.05) is 47.4 Å². The first-order valence-electron chi connectivity index (χ1n) is 11.2. The molecule has 1 atom stereocenters. The first-order chi connectivity index (χ1) is 15.6. The summed E-state index contributed by atoms with van der Waals surface area (Å²) in [7, 11) is 1.65. The Morgan fingerprint density at radius 1 is 1.16 bits per heavy atom. The number of aromatic nitrogens is 2. The lowest BCUT2D eigenvalue weighted by molar-refractivity contribution is -0.132. The van der Waals surface area contributed by atoms with E-state index in [9.17, 15) is 4.79 Å². The molecule has 1 saturated heterocycles. The minimum atomic E-state index is 0.143. The highest BCUT2D eigenvalue weighted by Crippen LogP contribution is 2.34. The number of aryl methyl sites for hydroxylation is 1.